The van der Waals surface area contributed by atoms with Crippen molar-refractivity contribution in [3.05, 3.63) is 27.8 Å². The SMILES string of the molecule is CCOC(=O)CCCOc1cc([N+](=O)[O-])c(CO)cc1OC. The number of esters is 1. The van der Waals surface area contributed by atoms with Gasteiger partial charge >= 0.3 is 5.97 Å². The molecule has 0 radical (unpaired) electrons. The summed E-state index contributed by atoms with van der Waals surface area (Å²) < 4.78 is 15.3. The average Bonchev–Trinajstić information content (AvgIpc) is 2.50. The zero-order valence-electron chi connectivity index (χ0n) is 12.5. The molecule has 0 saturated heterocycles. The van der Waals surface area contributed by atoms with E-state index in [9.17, 15) is 14.9 Å². The normalized spacial score (nSPS) is 10.1. The van der Waals surface area contributed by atoms with Gasteiger partial charge in [0.15, 0.2) is 11.5 Å². The number of methoxy groups -OCH3 is 1. The summed E-state index contributed by atoms with van der Waals surface area (Å²) in [6, 6.07) is 2.56. The second-order valence-electron chi connectivity index (χ2n) is 4.30. The predicted octanol–water partition coefficient (Wildman–Crippen LogP) is 1.82. The van der Waals surface area contributed by atoms with Gasteiger partial charge in [0.2, 0.25) is 0 Å². The molecule has 1 rings (SSSR count). The number of ether oxygens (including phenoxy) is 3. The number of nitro groups is 1. The average molecular weight is 313 g/mol. The van der Waals surface area contributed by atoms with Gasteiger partial charge in [-0.25, -0.2) is 0 Å². The van der Waals surface area contributed by atoms with Crippen LogP contribution in [0, 0.1) is 10.1 Å². The Labute approximate surface area is 127 Å². The lowest BCUT2D eigenvalue weighted by Gasteiger charge is -2.12. The highest BCUT2D eigenvalue weighted by atomic mass is 16.6. The van der Waals surface area contributed by atoms with Crippen molar-refractivity contribution < 1.29 is 29.0 Å². The minimum Gasteiger partial charge on any atom is -0.493 e. The molecule has 0 atom stereocenters. The third-order valence-corrected chi connectivity index (χ3v) is 2.82. The van der Waals surface area contributed by atoms with Crippen molar-refractivity contribution in [1.82, 2.24) is 0 Å². The molecule has 0 spiro atoms. The molecule has 0 saturated carbocycles. The van der Waals surface area contributed by atoms with Crippen LogP contribution >= 0.6 is 0 Å². The van der Waals surface area contributed by atoms with Crippen molar-refractivity contribution in [2.24, 2.45) is 0 Å². The maximum atomic E-state index is 11.2. The quantitative estimate of drug-likeness (QED) is 0.320. The molecule has 1 aromatic carbocycles. The van der Waals surface area contributed by atoms with Gasteiger partial charge in [-0.15, -0.1) is 0 Å². The second-order valence-corrected chi connectivity index (χ2v) is 4.30. The standard InChI is InChI=1S/C14H19NO7/c1-3-21-14(17)5-4-6-22-13-8-11(15(18)19)10(9-16)7-12(13)20-2/h7-8,16H,3-6,9H2,1-2H3. The Kier molecular flexibility index (Phi) is 7.11. The second kappa shape index (κ2) is 8.83. The van der Waals surface area contributed by atoms with E-state index in [-0.39, 0.29) is 41.7 Å². The Balaban J connectivity index is 2.74. The molecule has 8 heteroatoms. The molecule has 0 aliphatic carbocycles. The van der Waals surface area contributed by atoms with Crippen LogP contribution in [0.4, 0.5) is 5.69 Å². The summed E-state index contributed by atoms with van der Waals surface area (Å²) >= 11 is 0. The highest BCUT2D eigenvalue weighted by molar-refractivity contribution is 5.69. The molecule has 122 valence electrons. The third-order valence-electron chi connectivity index (χ3n) is 2.82. The van der Waals surface area contributed by atoms with Crippen LogP contribution in [0.1, 0.15) is 25.3 Å². The molecule has 1 aromatic rings. The molecule has 0 unspecified atom stereocenters. The van der Waals surface area contributed by atoms with E-state index in [1.54, 1.807) is 6.92 Å². The van der Waals surface area contributed by atoms with E-state index in [1.807, 2.05) is 0 Å². The van der Waals surface area contributed by atoms with Crippen LogP contribution in [0.5, 0.6) is 11.5 Å². The van der Waals surface area contributed by atoms with Crippen LogP contribution in [0.3, 0.4) is 0 Å². The van der Waals surface area contributed by atoms with Gasteiger partial charge in [0.05, 0.1) is 43.5 Å². The number of benzene rings is 1. The van der Waals surface area contributed by atoms with Crippen molar-refractivity contribution in [3.8, 4) is 11.5 Å². The molecule has 0 heterocycles. The van der Waals surface area contributed by atoms with E-state index in [0.29, 0.717) is 13.0 Å². The zero-order valence-corrected chi connectivity index (χ0v) is 12.5. The van der Waals surface area contributed by atoms with Gasteiger partial charge in [0, 0.05) is 6.42 Å². The van der Waals surface area contributed by atoms with Crippen molar-refractivity contribution >= 4 is 11.7 Å². The molecular formula is C14H19NO7. The first-order chi connectivity index (χ1) is 10.5. The van der Waals surface area contributed by atoms with Crippen LogP contribution in [0.25, 0.3) is 0 Å². The lowest BCUT2D eigenvalue weighted by atomic mass is 10.1. The number of hydrogen-bond donors (Lipinski definition) is 1. The summed E-state index contributed by atoms with van der Waals surface area (Å²) in [6.45, 7) is 1.75. The Bertz CT molecular complexity index is 530. The van der Waals surface area contributed by atoms with Crippen molar-refractivity contribution in [1.29, 1.82) is 0 Å². The number of hydrogen-bond acceptors (Lipinski definition) is 7. The van der Waals surface area contributed by atoms with Crippen molar-refractivity contribution in [2.75, 3.05) is 20.3 Å². The summed E-state index contributed by atoms with van der Waals surface area (Å²) in [6.07, 6.45) is 0.616. The molecule has 22 heavy (non-hydrogen) atoms. The lowest BCUT2D eigenvalue weighted by Crippen LogP contribution is -2.07. The van der Waals surface area contributed by atoms with Crippen LogP contribution in [-0.4, -0.2) is 36.3 Å². The Morgan fingerprint density at radius 1 is 1.36 bits per heavy atom. The molecule has 0 aliphatic heterocycles. The Morgan fingerprint density at radius 2 is 2.09 bits per heavy atom. The number of carbonyl (C=O) groups is 1. The van der Waals surface area contributed by atoms with E-state index >= 15 is 0 Å². The van der Waals surface area contributed by atoms with Gasteiger partial charge in [0.25, 0.3) is 5.69 Å². The summed E-state index contributed by atoms with van der Waals surface area (Å²) in [7, 11) is 1.40. The zero-order chi connectivity index (χ0) is 16.5. The van der Waals surface area contributed by atoms with E-state index in [4.69, 9.17) is 19.3 Å². The topological polar surface area (TPSA) is 108 Å². The summed E-state index contributed by atoms with van der Waals surface area (Å²) in [5, 5.41) is 20.1. The smallest absolute Gasteiger partial charge is 0.305 e. The highest BCUT2D eigenvalue weighted by Gasteiger charge is 2.19. The number of carbonyl (C=O) groups excluding carboxylic acids is 1. The van der Waals surface area contributed by atoms with Gasteiger partial charge in [-0.05, 0) is 19.4 Å². The molecule has 0 amide bonds. The van der Waals surface area contributed by atoms with Gasteiger partial charge < -0.3 is 19.3 Å². The predicted molar refractivity (Wildman–Crippen MR) is 76.9 cm³/mol. The maximum Gasteiger partial charge on any atom is 0.305 e. The van der Waals surface area contributed by atoms with Crippen LogP contribution < -0.4 is 9.47 Å². The number of aliphatic hydroxyl groups excluding tert-OH is 1. The first kappa shape index (κ1) is 17.7. The van der Waals surface area contributed by atoms with Crippen LogP contribution in [0.15, 0.2) is 12.1 Å². The molecule has 0 aliphatic rings. The van der Waals surface area contributed by atoms with E-state index in [0.717, 1.165) is 0 Å². The number of nitro benzene ring substituents is 1. The molecule has 0 fully saturated rings. The summed E-state index contributed by atoms with van der Waals surface area (Å²) in [4.78, 5) is 21.5. The highest BCUT2D eigenvalue weighted by Crippen LogP contribution is 2.34. The fraction of sp³-hybridized carbons (Fsp3) is 0.500. The summed E-state index contributed by atoms with van der Waals surface area (Å²) in [5.74, 6) is 0.153. The molecule has 8 nitrogen and oxygen atoms in total. The molecular weight excluding hydrogens is 294 g/mol. The van der Waals surface area contributed by atoms with Crippen molar-refractivity contribution in [2.45, 2.75) is 26.4 Å². The summed E-state index contributed by atoms with van der Waals surface area (Å²) in [5.41, 5.74) is -0.107. The fourth-order valence-electron chi connectivity index (χ4n) is 1.79. The van der Waals surface area contributed by atoms with E-state index in [1.165, 1.54) is 19.2 Å². The van der Waals surface area contributed by atoms with Gasteiger partial charge in [0.1, 0.15) is 0 Å². The Morgan fingerprint density at radius 3 is 2.64 bits per heavy atom. The minimum atomic E-state index is -0.601. The number of rotatable bonds is 9. The van der Waals surface area contributed by atoms with Gasteiger partial charge in [-0.1, -0.05) is 0 Å². The molecule has 0 bridgehead atoms. The van der Waals surface area contributed by atoms with Crippen LogP contribution in [0.2, 0.25) is 0 Å². The van der Waals surface area contributed by atoms with E-state index in [2.05, 4.69) is 0 Å². The number of nitrogens with zero attached hydrogens (tertiary/aromatic N) is 1. The van der Waals surface area contributed by atoms with Gasteiger partial charge in [-0.3, -0.25) is 14.9 Å². The monoisotopic (exact) mass is 313 g/mol. The Hall–Kier alpha value is -2.35. The minimum absolute atomic E-state index is 0.140. The third kappa shape index (κ3) is 4.88. The largest absolute Gasteiger partial charge is 0.493 e. The lowest BCUT2D eigenvalue weighted by molar-refractivity contribution is -0.385. The molecule has 1 N–H and O–H groups in total. The van der Waals surface area contributed by atoms with Crippen LogP contribution in [-0.2, 0) is 16.1 Å². The van der Waals surface area contributed by atoms with E-state index < -0.39 is 11.5 Å². The number of aliphatic hydroxyl groups is 1. The first-order valence-corrected chi connectivity index (χ1v) is 6.78. The van der Waals surface area contributed by atoms with Crippen molar-refractivity contribution in [3.63, 3.8) is 0 Å². The molecule has 0 aromatic heterocycles. The van der Waals surface area contributed by atoms with Gasteiger partial charge in [-0.2, -0.15) is 0 Å². The first-order valence-electron chi connectivity index (χ1n) is 6.78. The maximum absolute atomic E-state index is 11.2. The fourth-order valence-corrected chi connectivity index (χ4v) is 1.79.